The summed E-state index contributed by atoms with van der Waals surface area (Å²) in [5.41, 5.74) is 18.4. The summed E-state index contributed by atoms with van der Waals surface area (Å²) in [6.45, 7) is 19.2. The van der Waals surface area contributed by atoms with Gasteiger partial charge in [-0.2, -0.15) is 0 Å². The van der Waals surface area contributed by atoms with Gasteiger partial charge in [0.25, 0.3) is 6.71 Å². The number of nitrogens with zero attached hydrogens (tertiary/aromatic N) is 3. The van der Waals surface area contributed by atoms with Gasteiger partial charge in [0.15, 0.2) is 8.07 Å². The third kappa shape index (κ3) is 6.46. The topological polar surface area (TPSA) is 11.4 Å². The van der Waals surface area contributed by atoms with Gasteiger partial charge in [0.2, 0.25) is 0 Å². The lowest BCUT2D eigenvalue weighted by molar-refractivity contribution is 0.195. The first kappa shape index (κ1) is 46.2. The van der Waals surface area contributed by atoms with Crippen LogP contribution in [0.1, 0.15) is 97.8 Å². The summed E-state index contributed by atoms with van der Waals surface area (Å²) in [6.07, 6.45) is 4.69. The largest absolute Gasteiger partial charge is 0.335 e. The summed E-state index contributed by atoms with van der Waals surface area (Å²) >= 11 is 0. The highest BCUT2D eigenvalue weighted by Gasteiger charge is 2.62. The van der Waals surface area contributed by atoms with Gasteiger partial charge in [0, 0.05) is 50.1 Å². The molecule has 0 N–H and O–H groups in total. The summed E-state index contributed by atoms with van der Waals surface area (Å²) in [7, 11) is -2.95. The number of para-hydroxylation sites is 2. The molecule has 1 saturated carbocycles. The maximum atomic E-state index is 2.93. The van der Waals surface area contributed by atoms with Gasteiger partial charge in [0.05, 0.1) is 16.7 Å². The Morgan fingerprint density at radius 1 is 0.480 bits per heavy atom. The average molecular weight is 988 g/mol. The monoisotopic (exact) mass is 988 g/mol. The quantitative estimate of drug-likeness (QED) is 0.116. The molecule has 4 aliphatic rings. The molecule has 2 atom stereocenters. The first-order valence-electron chi connectivity index (χ1n) is 27.6. The summed E-state index contributed by atoms with van der Waals surface area (Å²) in [5.74, 6) is 0. The molecule has 1 fully saturated rings. The average Bonchev–Trinajstić information content (AvgIpc) is 4.12. The Balaban J connectivity index is 1.12. The number of hydrogen-bond acceptors (Lipinski definition) is 2. The normalized spacial score (nSPS) is 18.5. The Hall–Kier alpha value is -7.34. The highest BCUT2D eigenvalue weighted by atomic mass is 28.3. The predicted octanol–water partition coefficient (Wildman–Crippen LogP) is 13.1. The van der Waals surface area contributed by atoms with Gasteiger partial charge in [-0.25, -0.2) is 0 Å². The van der Waals surface area contributed by atoms with Crippen LogP contribution in [-0.2, 0) is 16.2 Å². The van der Waals surface area contributed by atoms with Crippen LogP contribution in [0.5, 0.6) is 0 Å². The molecule has 368 valence electrons. The van der Waals surface area contributed by atoms with Crippen molar-refractivity contribution < 1.29 is 0 Å². The van der Waals surface area contributed by atoms with E-state index in [1.54, 1.807) is 0 Å². The van der Waals surface area contributed by atoms with Crippen molar-refractivity contribution in [2.45, 2.75) is 103 Å². The molecular weight excluding hydrogens is 922 g/mol. The third-order valence-corrected chi connectivity index (χ3v) is 23.5. The van der Waals surface area contributed by atoms with E-state index in [1.807, 2.05) is 0 Å². The minimum Gasteiger partial charge on any atom is -0.335 e. The molecule has 75 heavy (non-hydrogen) atoms. The lowest BCUT2D eigenvalue weighted by Crippen LogP contribution is -2.75. The molecule has 0 saturated heterocycles. The Bertz CT molecular complexity index is 3730. The maximum absolute atomic E-state index is 2.95. The molecule has 2 unspecified atom stereocenters. The van der Waals surface area contributed by atoms with E-state index in [2.05, 4.69) is 276 Å². The van der Waals surface area contributed by atoms with Crippen molar-refractivity contribution in [2.75, 3.05) is 9.80 Å². The minimum absolute atomic E-state index is 0.00136. The van der Waals surface area contributed by atoms with Crippen molar-refractivity contribution in [2.24, 2.45) is 0 Å². The predicted molar refractivity (Wildman–Crippen MR) is 324 cm³/mol. The van der Waals surface area contributed by atoms with Crippen LogP contribution in [0.25, 0.3) is 27.5 Å². The Kier molecular flexibility index (Phi) is 10.1. The molecule has 0 amide bonds. The molecule has 0 radical (unpaired) electrons. The third-order valence-electron chi connectivity index (χ3n) is 18.8. The molecule has 5 heteroatoms. The number of benzene rings is 9. The van der Waals surface area contributed by atoms with Crippen LogP contribution in [0.4, 0.5) is 28.4 Å². The second kappa shape index (κ2) is 16.3. The zero-order chi connectivity index (χ0) is 51.2. The summed E-state index contributed by atoms with van der Waals surface area (Å²) in [5, 5.41) is 8.34. The van der Waals surface area contributed by atoms with Crippen LogP contribution in [0.2, 0.25) is 0 Å². The molecule has 3 aliphatic heterocycles. The van der Waals surface area contributed by atoms with Crippen LogP contribution >= 0.6 is 0 Å². The van der Waals surface area contributed by atoms with Crippen LogP contribution in [0.15, 0.2) is 206 Å². The number of fused-ring (bicyclic) bond motifs is 10. The second-order valence-electron chi connectivity index (χ2n) is 24.8. The summed E-state index contributed by atoms with van der Waals surface area (Å²) in [4.78, 5) is 5.47. The first-order valence-corrected chi connectivity index (χ1v) is 29.6. The fraction of sp³-hybridized carbons (Fsp3) is 0.229. The van der Waals surface area contributed by atoms with Crippen molar-refractivity contribution in [3.05, 3.63) is 223 Å². The highest BCUT2D eigenvalue weighted by molar-refractivity contribution is 7.20. The zero-order valence-electron chi connectivity index (χ0n) is 44.9. The van der Waals surface area contributed by atoms with Gasteiger partial charge >= 0.3 is 0 Å². The molecule has 10 aromatic rings. The van der Waals surface area contributed by atoms with Gasteiger partial charge < -0.3 is 14.4 Å². The van der Waals surface area contributed by atoms with Crippen molar-refractivity contribution >= 4 is 102 Å². The van der Waals surface area contributed by atoms with Crippen molar-refractivity contribution in [3.8, 4) is 5.69 Å². The van der Waals surface area contributed by atoms with Crippen LogP contribution < -0.4 is 46.9 Å². The van der Waals surface area contributed by atoms with Gasteiger partial charge in [-0.1, -0.05) is 225 Å². The van der Waals surface area contributed by atoms with Crippen LogP contribution in [0, 0.1) is 0 Å². The van der Waals surface area contributed by atoms with Gasteiger partial charge in [-0.3, -0.25) is 0 Å². The van der Waals surface area contributed by atoms with Crippen molar-refractivity contribution in [3.63, 3.8) is 0 Å². The van der Waals surface area contributed by atoms with Gasteiger partial charge in [-0.15, -0.1) is 0 Å². The summed E-state index contributed by atoms with van der Waals surface area (Å²) < 4.78 is 2.66. The van der Waals surface area contributed by atoms with E-state index in [0.717, 1.165) is 24.2 Å². The van der Waals surface area contributed by atoms with E-state index >= 15 is 0 Å². The van der Waals surface area contributed by atoms with Gasteiger partial charge in [0.1, 0.15) is 0 Å². The minimum atomic E-state index is -2.95. The molecule has 0 bridgehead atoms. The number of anilines is 5. The Labute approximate surface area is 445 Å². The molecule has 9 aromatic carbocycles. The van der Waals surface area contributed by atoms with Crippen molar-refractivity contribution in [1.29, 1.82) is 0 Å². The zero-order valence-corrected chi connectivity index (χ0v) is 45.9. The number of hydrogen-bond donors (Lipinski definition) is 0. The Morgan fingerprint density at radius 2 is 1.00 bits per heavy atom. The standard InChI is InChI=1S/C70H66BN3Si/c1-67(2,3)47-33-37-49(38-34-47)72(50-39-35-48(36-40-50)68(4,5)6)51-43-62-64-63(44-51)74-66-58(69(7)41-20-21-42-70(69,74)8)45-55(46-60(66)71(64)59-31-22-30-57-56-29-18-19-32-61(56)73(62)65(57)59)75(52-23-12-9-13-24-52,53-25-14-10-15-26-53)54-27-16-11-17-28-54/h9-19,22-40,43-46H,20-21,41-42H2,1-8H3. The number of aromatic nitrogens is 1. The van der Waals surface area contributed by atoms with E-state index < -0.39 is 8.07 Å². The molecular formula is C70H66BN3Si. The van der Waals surface area contributed by atoms with E-state index in [0.29, 0.717) is 0 Å². The molecule has 1 aliphatic carbocycles. The van der Waals surface area contributed by atoms with Gasteiger partial charge in [-0.05, 0) is 127 Å². The highest BCUT2D eigenvalue weighted by Crippen LogP contribution is 2.62. The fourth-order valence-corrected chi connectivity index (χ4v) is 19.6. The van der Waals surface area contributed by atoms with Crippen molar-refractivity contribution in [1.82, 2.24) is 4.57 Å². The first-order chi connectivity index (χ1) is 36.2. The lowest BCUT2D eigenvalue weighted by atomic mass is 9.33. The van der Waals surface area contributed by atoms with Crippen LogP contribution in [0.3, 0.4) is 0 Å². The fourth-order valence-electron chi connectivity index (χ4n) is 14.8. The smallest absolute Gasteiger partial charge is 0.252 e. The lowest BCUT2D eigenvalue weighted by Gasteiger charge is -2.52. The van der Waals surface area contributed by atoms with Crippen LogP contribution in [-0.4, -0.2) is 24.9 Å². The second-order valence-corrected chi connectivity index (χ2v) is 28.6. The molecule has 3 nitrogen and oxygen atoms in total. The Morgan fingerprint density at radius 3 is 1.57 bits per heavy atom. The van der Waals surface area contributed by atoms with E-state index in [9.17, 15) is 0 Å². The maximum Gasteiger partial charge on any atom is 0.252 e. The van der Waals surface area contributed by atoms with E-state index in [-0.39, 0.29) is 28.5 Å². The van der Waals surface area contributed by atoms with E-state index in [4.69, 9.17) is 0 Å². The SMILES string of the molecule is CC(C)(C)c1ccc(N(c2ccc(C(C)(C)C)cc2)c2cc3c4c(c2)-n2c5ccccc5c5cccc(c52)B4c2cc([Si](c4ccccc4)(c4ccccc4)c4ccccc4)cc4c2N3C2(C)CCCCC42C)cc1. The summed E-state index contributed by atoms with van der Waals surface area (Å²) in [6, 6.07) is 80.6. The molecule has 1 aromatic heterocycles. The molecule has 14 rings (SSSR count). The molecule has 4 heterocycles. The number of rotatable bonds is 7. The van der Waals surface area contributed by atoms with E-state index in [1.165, 1.54) is 111 Å². The molecule has 0 spiro atoms.